The van der Waals surface area contributed by atoms with Crippen molar-refractivity contribution in [2.45, 2.75) is 39.2 Å². The van der Waals surface area contributed by atoms with E-state index in [9.17, 15) is 9.59 Å². The van der Waals surface area contributed by atoms with Gasteiger partial charge in [0.05, 0.1) is 47.3 Å². The molecule has 3 aromatic rings. The van der Waals surface area contributed by atoms with E-state index in [1.54, 1.807) is 17.6 Å². The third kappa shape index (κ3) is 6.69. The fourth-order valence-corrected chi connectivity index (χ4v) is 5.20. The SMILES string of the molecule is CCOC(=O)CCCCOc1cc(CC2COc3c(Br)cc(Cn4ccn(C)c4=N)cc3C2=O)ccc1Cl. The maximum atomic E-state index is 13.5. The minimum atomic E-state index is -0.348. The van der Waals surface area contributed by atoms with Crippen LogP contribution in [0, 0.1) is 11.3 Å². The molecule has 1 atom stereocenters. The van der Waals surface area contributed by atoms with Crippen molar-refractivity contribution in [1.29, 1.82) is 5.41 Å². The predicted molar refractivity (Wildman–Crippen MR) is 147 cm³/mol. The number of halogens is 2. The fourth-order valence-electron chi connectivity index (χ4n) is 4.41. The summed E-state index contributed by atoms with van der Waals surface area (Å²) in [5.74, 6) is 0.587. The minimum absolute atomic E-state index is 0.0225. The monoisotopic (exact) mass is 603 g/mol. The van der Waals surface area contributed by atoms with Crippen LogP contribution in [0.2, 0.25) is 5.02 Å². The Hall–Kier alpha value is -3.04. The van der Waals surface area contributed by atoms with Gasteiger partial charge < -0.3 is 23.3 Å². The highest BCUT2D eigenvalue weighted by molar-refractivity contribution is 9.10. The maximum absolute atomic E-state index is 13.5. The predicted octanol–water partition coefficient (Wildman–Crippen LogP) is 5.32. The molecule has 38 heavy (non-hydrogen) atoms. The molecule has 0 radical (unpaired) electrons. The Morgan fingerprint density at radius 3 is 2.76 bits per heavy atom. The first kappa shape index (κ1) is 28.0. The molecule has 1 aliphatic heterocycles. The second-order valence-electron chi connectivity index (χ2n) is 9.27. The van der Waals surface area contributed by atoms with E-state index < -0.39 is 0 Å². The van der Waals surface area contributed by atoms with Gasteiger partial charge in [0.25, 0.3) is 0 Å². The normalized spacial score (nSPS) is 14.6. The molecule has 2 heterocycles. The van der Waals surface area contributed by atoms with Gasteiger partial charge in [0.2, 0.25) is 5.62 Å². The molecular formula is C28H31BrClN3O5. The van der Waals surface area contributed by atoms with Crippen LogP contribution in [-0.2, 0) is 29.5 Å². The number of ketones is 1. The lowest BCUT2D eigenvalue weighted by atomic mass is 9.89. The summed E-state index contributed by atoms with van der Waals surface area (Å²) >= 11 is 9.90. The Labute approximate surface area is 235 Å². The molecule has 1 aliphatic rings. The van der Waals surface area contributed by atoms with Gasteiger partial charge in [-0.1, -0.05) is 17.7 Å². The zero-order chi connectivity index (χ0) is 27.2. The van der Waals surface area contributed by atoms with Crippen molar-refractivity contribution in [1.82, 2.24) is 9.13 Å². The van der Waals surface area contributed by atoms with E-state index in [1.165, 1.54) is 0 Å². The number of carbonyl (C=O) groups is 2. The van der Waals surface area contributed by atoms with Crippen molar-refractivity contribution in [3.8, 4) is 11.5 Å². The molecule has 0 bridgehead atoms. The molecule has 4 rings (SSSR count). The van der Waals surface area contributed by atoms with Crippen LogP contribution in [0.5, 0.6) is 11.5 Å². The summed E-state index contributed by atoms with van der Waals surface area (Å²) in [6.45, 7) is 3.35. The van der Waals surface area contributed by atoms with Crippen LogP contribution < -0.4 is 15.1 Å². The van der Waals surface area contributed by atoms with Gasteiger partial charge in [-0.3, -0.25) is 15.0 Å². The number of rotatable bonds is 11. The first-order valence-corrected chi connectivity index (χ1v) is 13.8. The highest BCUT2D eigenvalue weighted by atomic mass is 79.9. The molecule has 0 saturated heterocycles. The van der Waals surface area contributed by atoms with Gasteiger partial charge in [-0.2, -0.15) is 0 Å². The molecule has 0 spiro atoms. The van der Waals surface area contributed by atoms with Crippen LogP contribution >= 0.6 is 27.5 Å². The van der Waals surface area contributed by atoms with Gasteiger partial charge in [-0.05, 0) is 77.5 Å². The number of hydrogen-bond acceptors (Lipinski definition) is 6. The number of imidazole rings is 1. The van der Waals surface area contributed by atoms with Crippen LogP contribution in [0.15, 0.2) is 47.2 Å². The average molecular weight is 605 g/mol. The van der Waals surface area contributed by atoms with E-state index in [2.05, 4.69) is 15.9 Å². The van der Waals surface area contributed by atoms with Crippen molar-refractivity contribution in [2.24, 2.45) is 13.0 Å². The molecule has 0 fully saturated rings. The fraction of sp³-hybridized carbons (Fsp3) is 0.393. The Kier molecular flexibility index (Phi) is 9.33. The van der Waals surface area contributed by atoms with Crippen molar-refractivity contribution in [2.75, 3.05) is 19.8 Å². The Morgan fingerprint density at radius 2 is 2.03 bits per heavy atom. The van der Waals surface area contributed by atoms with Crippen LogP contribution in [-0.4, -0.2) is 40.7 Å². The number of aryl methyl sites for hydroxylation is 1. The molecule has 0 aliphatic carbocycles. The maximum Gasteiger partial charge on any atom is 0.305 e. The van der Waals surface area contributed by atoms with Gasteiger partial charge >= 0.3 is 5.97 Å². The average Bonchev–Trinajstić information content (AvgIpc) is 3.20. The van der Waals surface area contributed by atoms with Crippen molar-refractivity contribution >= 4 is 39.3 Å². The second-order valence-corrected chi connectivity index (χ2v) is 10.5. The highest BCUT2D eigenvalue weighted by Gasteiger charge is 2.31. The number of Topliss-reactive ketones (excluding diaryl/α,β-unsaturated/α-hetero) is 1. The number of ether oxygens (including phenoxy) is 3. The molecular weight excluding hydrogens is 574 g/mol. The first-order valence-electron chi connectivity index (χ1n) is 12.6. The molecule has 8 nitrogen and oxygen atoms in total. The number of hydrogen-bond donors (Lipinski definition) is 1. The molecule has 2 aromatic carbocycles. The summed E-state index contributed by atoms with van der Waals surface area (Å²) in [5.41, 5.74) is 2.75. The topological polar surface area (TPSA) is 95.5 Å². The molecule has 10 heteroatoms. The molecule has 1 aromatic heterocycles. The van der Waals surface area contributed by atoms with E-state index >= 15 is 0 Å². The number of carbonyl (C=O) groups excluding carboxylic acids is 2. The van der Waals surface area contributed by atoms with Crippen LogP contribution in [0.1, 0.15) is 47.7 Å². The zero-order valence-corrected chi connectivity index (χ0v) is 23.8. The zero-order valence-electron chi connectivity index (χ0n) is 21.5. The van der Waals surface area contributed by atoms with Gasteiger partial charge in [0.1, 0.15) is 11.5 Å². The minimum Gasteiger partial charge on any atom is -0.492 e. The summed E-state index contributed by atoms with van der Waals surface area (Å²) < 4.78 is 21.1. The Bertz CT molecular complexity index is 1380. The molecule has 0 saturated carbocycles. The van der Waals surface area contributed by atoms with Gasteiger partial charge in [-0.25, -0.2) is 0 Å². The molecule has 1 N–H and O–H groups in total. The van der Waals surface area contributed by atoms with E-state index in [0.717, 1.165) is 15.6 Å². The van der Waals surface area contributed by atoms with E-state index in [4.69, 9.17) is 31.2 Å². The summed E-state index contributed by atoms with van der Waals surface area (Å²) in [6, 6.07) is 9.33. The number of aromatic nitrogens is 2. The van der Waals surface area contributed by atoms with E-state index in [-0.39, 0.29) is 24.3 Å². The quantitative estimate of drug-likeness (QED) is 0.236. The smallest absolute Gasteiger partial charge is 0.305 e. The largest absolute Gasteiger partial charge is 0.492 e. The number of nitrogens with zero attached hydrogens (tertiary/aromatic N) is 2. The number of unbranched alkanes of at least 4 members (excludes halogenated alkanes) is 1. The summed E-state index contributed by atoms with van der Waals surface area (Å²) in [7, 11) is 1.82. The molecule has 0 amide bonds. The summed E-state index contributed by atoms with van der Waals surface area (Å²) in [5, 5.41) is 8.67. The van der Waals surface area contributed by atoms with Gasteiger partial charge in [0.15, 0.2) is 5.78 Å². The van der Waals surface area contributed by atoms with Gasteiger partial charge in [-0.15, -0.1) is 0 Å². The van der Waals surface area contributed by atoms with Gasteiger partial charge in [0, 0.05) is 25.9 Å². The number of esters is 1. The van der Waals surface area contributed by atoms with Crippen LogP contribution in [0.3, 0.4) is 0 Å². The van der Waals surface area contributed by atoms with Crippen molar-refractivity contribution in [3.63, 3.8) is 0 Å². The standard InChI is InChI=1S/C28H31BrClN3O5/c1-3-36-25(34)6-4-5-11-37-24-15-18(7-8-23(24)30)12-20-17-38-27-21(26(20)35)13-19(14-22(27)29)16-33-10-9-32(2)28(33)31/h7-10,13-15,20,31H,3-6,11-12,16-17H2,1-2H3. The van der Waals surface area contributed by atoms with Crippen LogP contribution in [0.4, 0.5) is 0 Å². The summed E-state index contributed by atoms with van der Waals surface area (Å²) in [4.78, 5) is 25.0. The van der Waals surface area contributed by atoms with Crippen molar-refractivity contribution < 1.29 is 23.8 Å². The third-order valence-corrected chi connectivity index (χ3v) is 7.31. The van der Waals surface area contributed by atoms with E-state index in [1.807, 2.05) is 48.3 Å². The molecule has 1 unspecified atom stereocenters. The highest BCUT2D eigenvalue weighted by Crippen LogP contribution is 2.37. The van der Waals surface area contributed by atoms with E-state index in [0.29, 0.717) is 73.1 Å². The lowest BCUT2D eigenvalue weighted by Crippen LogP contribution is -2.30. The first-order chi connectivity index (χ1) is 18.3. The number of fused-ring (bicyclic) bond motifs is 1. The Morgan fingerprint density at radius 1 is 1.21 bits per heavy atom. The van der Waals surface area contributed by atoms with Crippen molar-refractivity contribution in [3.05, 3.63) is 74.5 Å². The third-order valence-electron chi connectivity index (χ3n) is 6.41. The molecule has 202 valence electrons. The van der Waals surface area contributed by atoms with Crippen LogP contribution in [0.25, 0.3) is 0 Å². The number of benzene rings is 2. The Balaban J connectivity index is 1.41. The summed E-state index contributed by atoms with van der Waals surface area (Å²) in [6.07, 6.45) is 5.90. The lowest BCUT2D eigenvalue weighted by molar-refractivity contribution is -0.143. The second kappa shape index (κ2) is 12.7. The lowest BCUT2D eigenvalue weighted by Gasteiger charge is -2.26. The number of nitrogens with one attached hydrogen (secondary N) is 1.